The Labute approximate surface area is 171 Å². The first-order chi connectivity index (χ1) is 14.0. The van der Waals surface area contributed by atoms with Crippen LogP contribution in [0.4, 0.5) is 16.5 Å². The molecular weight excluding hydrogens is 388 g/mol. The van der Waals surface area contributed by atoms with Gasteiger partial charge in [0.1, 0.15) is 0 Å². The minimum atomic E-state index is -0.464. The molecule has 1 aromatic heterocycles. The zero-order valence-electron chi connectivity index (χ0n) is 15.4. The van der Waals surface area contributed by atoms with E-state index in [0.29, 0.717) is 17.8 Å². The van der Waals surface area contributed by atoms with Gasteiger partial charge in [-0.2, -0.15) is 0 Å². The highest BCUT2D eigenvalue weighted by molar-refractivity contribution is 7.14. The van der Waals surface area contributed by atoms with Gasteiger partial charge in [0.05, 0.1) is 10.6 Å². The van der Waals surface area contributed by atoms with Gasteiger partial charge in [0.2, 0.25) is 5.91 Å². The van der Waals surface area contributed by atoms with Crippen molar-refractivity contribution in [3.05, 3.63) is 88.3 Å². The van der Waals surface area contributed by atoms with Gasteiger partial charge in [-0.15, -0.1) is 17.9 Å². The average molecular weight is 406 g/mol. The van der Waals surface area contributed by atoms with Crippen LogP contribution < -0.4 is 10.6 Å². The highest BCUT2D eigenvalue weighted by Gasteiger charge is 2.06. The topological polar surface area (TPSA) is 97.2 Å². The summed E-state index contributed by atoms with van der Waals surface area (Å²) in [7, 11) is 0. The predicted octanol–water partition coefficient (Wildman–Crippen LogP) is 4.97. The summed E-state index contributed by atoms with van der Waals surface area (Å²) >= 11 is 1.50. The molecule has 7 nitrogen and oxygen atoms in total. The fourth-order valence-electron chi connectivity index (χ4n) is 2.47. The summed E-state index contributed by atoms with van der Waals surface area (Å²) in [6, 6.07) is 13.4. The number of nitro benzene ring substituents is 1. The lowest BCUT2D eigenvalue weighted by molar-refractivity contribution is -0.384. The van der Waals surface area contributed by atoms with Crippen LogP contribution in [0.15, 0.2) is 72.6 Å². The van der Waals surface area contributed by atoms with Crippen molar-refractivity contribution in [1.29, 1.82) is 0 Å². The molecule has 0 atom stereocenters. The van der Waals surface area contributed by atoms with E-state index in [1.165, 1.54) is 29.5 Å². The van der Waals surface area contributed by atoms with E-state index in [4.69, 9.17) is 0 Å². The molecule has 0 fully saturated rings. The third-order valence-corrected chi connectivity index (χ3v) is 4.66. The normalized spacial score (nSPS) is 10.6. The van der Waals surface area contributed by atoms with Crippen LogP contribution in [-0.2, 0) is 4.79 Å². The quantitative estimate of drug-likeness (QED) is 0.238. The number of anilines is 2. The zero-order valence-corrected chi connectivity index (χ0v) is 16.2. The Morgan fingerprint density at radius 2 is 2.03 bits per heavy atom. The second-order valence-corrected chi connectivity index (χ2v) is 6.82. The summed E-state index contributed by atoms with van der Waals surface area (Å²) in [6.07, 6.45) is 4.75. The number of nitro groups is 1. The van der Waals surface area contributed by atoms with Crippen LogP contribution >= 0.6 is 11.3 Å². The minimum Gasteiger partial charge on any atom is -0.358 e. The van der Waals surface area contributed by atoms with Gasteiger partial charge in [0, 0.05) is 41.4 Å². The third-order valence-electron chi connectivity index (χ3n) is 3.86. The maximum atomic E-state index is 12.2. The van der Waals surface area contributed by atoms with E-state index in [1.54, 1.807) is 30.4 Å². The van der Waals surface area contributed by atoms with Crippen molar-refractivity contribution < 1.29 is 9.72 Å². The highest BCUT2D eigenvalue weighted by atomic mass is 32.1. The number of rotatable bonds is 8. The SMILES string of the molecule is C=CCNc1nc(-c2cccc(NC(=O)/C=C/c3ccc([N+](=O)[O-])cc3)c2)cs1. The van der Waals surface area contributed by atoms with Crippen molar-refractivity contribution >= 4 is 39.8 Å². The molecule has 1 heterocycles. The number of aromatic nitrogens is 1. The van der Waals surface area contributed by atoms with Crippen LogP contribution in [0.2, 0.25) is 0 Å². The maximum absolute atomic E-state index is 12.2. The summed E-state index contributed by atoms with van der Waals surface area (Å²) in [4.78, 5) is 26.9. The van der Waals surface area contributed by atoms with E-state index >= 15 is 0 Å². The Bertz CT molecular complexity index is 1060. The van der Waals surface area contributed by atoms with Crippen molar-refractivity contribution in [3.8, 4) is 11.3 Å². The maximum Gasteiger partial charge on any atom is 0.269 e. The van der Waals surface area contributed by atoms with Crippen molar-refractivity contribution in [2.45, 2.75) is 0 Å². The Hall–Kier alpha value is -3.78. The van der Waals surface area contributed by atoms with Crippen LogP contribution in [-0.4, -0.2) is 22.4 Å². The molecule has 2 N–H and O–H groups in total. The second-order valence-electron chi connectivity index (χ2n) is 5.96. The Morgan fingerprint density at radius 1 is 1.24 bits per heavy atom. The standard InChI is InChI=1S/C21H18N4O3S/c1-2-12-22-21-24-19(14-29-21)16-4-3-5-17(13-16)23-20(26)11-8-15-6-9-18(10-7-15)25(27)28/h2-11,13-14H,1,12H2,(H,22,24)(H,23,26)/b11-8+. The number of hydrogen-bond donors (Lipinski definition) is 2. The third kappa shape index (κ3) is 5.60. The molecule has 29 heavy (non-hydrogen) atoms. The molecule has 0 aliphatic rings. The first-order valence-corrected chi connectivity index (χ1v) is 9.57. The summed E-state index contributed by atoms with van der Waals surface area (Å²) < 4.78 is 0. The van der Waals surface area contributed by atoms with Gasteiger partial charge in [-0.25, -0.2) is 4.98 Å². The van der Waals surface area contributed by atoms with E-state index in [1.807, 2.05) is 23.6 Å². The summed E-state index contributed by atoms with van der Waals surface area (Å²) in [5.74, 6) is -0.299. The summed E-state index contributed by atoms with van der Waals surface area (Å²) in [5.41, 5.74) is 3.06. The van der Waals surface area contributed by atoms with Gasteiger partial charge >= 0.3 is 0 Å². The number of nitrogens with one attached hydrogen (secondary N) is 2. The van der Waals surface area contributed by atoms with Crippen molar-refractivity contribution in [3.63, 3.8) is 0 Å². The monoisotopic (exact) mass is 406 g/mol. The number of amides is 1. The van der Waals surface area contributed by atoms with Gasteiger partial charge in [0.25, 0.3) is 5.69 Å². The van der Waals surface area contributed by atoms with Crippen LogP contribution in [0.5, 0.6) is 0 Å². The van der Waals surface area contributed by atoms with Crippen molar-refractivity contribution in [2.24, 2.45) is 0 Å². The number of carbonyl (C=O) groups is 1. The number of nitrogens with zero attached hydrogens (tertiary/aromatic N) is 2. The second kappa shape index (κ2) is 9.43. The molecule has 0 aliphatic heterocycles. The molecular formula is C21H18N4O3S. The first kappa shape index (κ1) is 20.0. The van der Waals surface area contributed by atoms with Gasteiger partial charge in [0.15, 0.2) is 5.13 Å². The number of benzene rings is 2. The molecule has 3 rings (SSSR count). The molecule has 0 bridgehead atoms. The van der Waals surface area contributed by atoms with E-state index in [0.717, 1.165) is 16.4 Å². The van der Waals surface area contributed by atoms with Crippen LogP contribution in [0.25, 0.3) is 17.3 Å². The Balaban J connectivity index is 1.64. The highest BCUT2D eigenvalue weighted by Crippen LogP contribution is 2.26. The number of carbonyl (C=O) groups excluding carboxylic acids is 1. The lowest BCUT2D eigenvalue weighted by atomic mass is 10.1. The number of hydrogen-bond acceptors (Lipinski definition) is 6. The minimum absolute atomic E-state index is 0.00769. The Kier molecular flexibility index (Phi) is 6.49. The molecule has 0 unspecified atom stereocenters. The van der Waals surface area contributed by atoms with Gasteiger partial charge in [-0.3, -0.25) is 14.9 Å². The molecule has 2 aromatic carbocycles. The fraction of sp³-hybridized carbons (Fsp3) is 0.0476. The largest absolute Gasteiger partial charge is 0.358 e. The lowest BCUT2D eigenvalue weighted by Crippen LogP contribution is -2.07. The van der Waals surface area contributed by atoms with E-state index in [2.05, 4.69) is 22.2 Å². The van der Waals surface area contributed by atoms with Gasteiger partial charge < -0.3 is 10.6 Å². The van der Waals surface area contributed by atoms with Crippen LogP contribution in [0.3, 0.4) is 0 Å². The molecule has 146 valence electrons. The number of non-ortho nitro benzene ring substituents is 1. The molecule has 0 radical (unpaired) electrons. The summed E-state index contributed by atoms with van der Waals surface area (Å²) in [5, 5.41) is 19.4. The van der Waals surface area contributed by atoms with Crippen LogP contribution in [0, 0.1) is 10.1 Å². The van der Waals surface area contributed by atoms with E-state index in [-0.39, 0.29) is 11.6 Å². The average Bonchev–Trinajstić information content (AvgIpc) is 3.20. The zero-order chi connectivity index (χ0) is 20.6. The molecule has 8 heteroatoms. The lowest BCUT2D eigenvalue weighted by Gasteiger charge is -2.04. The molecule has 0 saturated carbocycles. The number of thiazole rings is 1. The van der Waals surface area contributed by atoms with E-state index < -0.39 is 4.92 Å². The van der Waals surface area contributed by atoms with Crippen LogP contribution in [0.1, 0.15) is 5.56 Å². The first-order valence-electron chi connectivity index (χ1n) is 8.69. The van der Waals surface area contributed by atoms with Crippen molar-refractivity contribution in [2.75, 3.05) is 17.2 Å². The van der Waals surface area contributed by atoms with Gasteiger partial charge in [-0.05, 0) is 35.9 Å². The summed E-state index contributed by atoms with van der Waals surface area (Å²) in [6.45, 7) is 4.31. The fourth-order valence-corrected chi connectivity index (χ4v) is 3.20. The predicted molar refractivity (Wildman–Crippen MR) is 117 cm³/mol. The van der Waals surface area contributed by atoms with Gasteiger partial charge in [-0.1, -0.05) is 18.2 Å². The van der Waals surface area contributed by atoms with Crippen molar-refractivity contribution in [1.82, 2.24) is 4.98 Å². The molecule has 0 aliphatic carbocycles. The molecule has 1 amide bonds. The molecule has 0 saturated heterocycles. The molecule has 0 spiro atoms. The van der Waals surface area contributed by atoms with E-state index in [9.17, 15) is 14.9 Å². The molecule has 3 aromatic rings. The Morgan fingerprint density at radius 3 is 2.76 bits per heavy atom. The smallest absolute Gasteiger partial charge is 0.269 e.